The fourth-order valence-corrected chi connectivity index (χ4v) is 1.77. The largest absolute Gasteiger partial charge is 0.497 e. The van der Waals surface area contributed by atoms with Crippen LogP contribution in [-0.2, 0) is 9.53 Å². The van der Waals surface area contributed by atoms with Crippen molar-refractivity contribution in [3.8, 4) is 5.75 Å². The van der Waals surface area contributed by atoms with Gasteiger partial charge in [0, 0.05) is 13.2 Å². The first kappa shape index (κ1) is 15.6. The first-order valence-electron chi connectivity index (χ1n) is 6.44. The molecule has 1 aromatic heterocycles. The van der Waals surface area contributed by atoms with Gasteiger partial charge in [-0.3, -0.25) is 9.59 Å². The summed E-state index contributed by atoms with van der Waals surface area (Å²) in [6.07, 6.45) is 2.74. The maximum Gasteiger partial charge on any atom is 0.258 e. The lowest BCUT2D eigenvalue weighted by molar-refractivity contribution is -0.119. The Morgan fingerprint density at radius 2 is 1.95 bits per heavy atom. The van der Waals surface area contributed by atoms with Crippen molar-refractivity contribution in [2.75, 3.05) is 31.5 Å². The fourth-order valence-electron chi connectivity index (χ4n) is 1.77. The molecule has 2 N–H and O–H groups in total. The molecule has 0 spiro atoms. The maximum absolute atomic E-state index is 12.1. The van der Waals surface area contributed by atoms with E-state index in [0.29, 0.717) is 22.7 Å². The molecule has 7 heteroatoms. The van der Waals surface area contributed by atoms with Crippen LogP contribution in [0.15, 0.2) is 41.2 Å². The molecule has 2 amide bonds. The molecule has 0 saturated heterocycles. The molecule has 116 valence electrons. The van der Waals surface area contributed by atoms with Gasteiger partial charge in [0.25, 0.3) is 5.91 Å². The van der Waals surface area contributed by atoms with Crippen molar-refractivity contribution in [2.24, 2.45) is 0 Å². The summed E-state index contributed by atoms with van der Waals surface area (Å²) < 4.78 is 14.8. The molecule has 0 fully saturated rings. The molecule has 0 bridgehead atoms. The smallest absolute Gasteiger partial charge is 0.258 e. The highest BCUT2D eigenvalue weighted by molar-refractivity contribution is 6.07. The second-order valence-corrected chi connectivity index (χ2v) is 4.36. The summed E-state index contributed by atoms with van der Waals surface area (Å²) in [5, 5.41) is 5.36. The number of furan rings is 1. The van der Waals surface area contributed by atoms with E-state index in [1.807, 2.05) is 0 Å². The van der Waals surface area contributed by atoms with Crippen LogP contribution < -0.4 is 15.4 Å². The number of anilines is 2. The van der Waals surface area contributed by atoms with Crippen molar-refractivity contribution in [3.63, 3.8) is 0 Å². The Balaban J connectivity index is 2.22. The zero-order valence-electron chi connectivity index (χ0n) is 12.2. The average Bonchev–Trinajstić information content (AvgIpc) is 3.03. The quantitative estimate of drug-likeness (QED) is 0.853. The number of hydrogen-bond acceptors (Lipinski definition) is 5. The van der Waals surface area contributed by atoms with Crippen molar-refractivity contribution >= 4 is 23.2 Å². The zero-order chi connectivity index (χ0) is 15.9. The van der Waals surface area contributed by atoms with Crippen molar-refractivity contribution in [1.29, 1.82) is 0 Å². The number of methoxy groups -OCH3 is 2. The maximum atomic E-state index is 12.1. The van der Waals surface area contributed by atoms with Crippen molar-refractivity contribution in [3.05, 3.63) is 42.4 Å². The van der Waals surface area contributed by atoms with Crippen LogP contribution in [0.25, 0.3) is 0 Å². The molecule has 2 rings (SSSR count). The first-order valence-corrected chi connectivity index (χ1v) is 6.44. The molecular weight excluding hydrogens is 288 g/mol. The molecule has 22 heavy (non-hydrogen) atoms. The molecule has 7 nitrogen and oxygen atoms in total. The van der Waals surface area contributed by atoms with Gasteiger partial charge in [0.1, 0.15) is 18.6 Å². The standard InChI is InChI=1S/C15H16N2O5/c1-20-9-14(18)16-12-4-3-11(21-2)7-13(12)17-15(19)10-5-6-22-8-10/h3-8H,9H2,1-2H3,(H,16,18)(H,17,19). The Morgan fingerprint density at radius 3 is 2.59 bits per heavy atom. The summed E-state index contributed by atoms with van der Waals surface area (Å²) >= 11 is 0. The number of benzene rings is 1. The summed E-state index contributed by atoms with van der Waals surface area (Å²) in [6.45, 7) is -0.0822. The second kappa shape index (κ2) is 7.28. The lowest BCUT2D eigenvalue weighted by Gasteiger charge is -2.13. The summed E-state index contributed by atoms with van der Waals surface area (Å²) in [6, 6.07) is 6.46. The molecule has 0 saturated carbocycles. The van der Waals surface area contributed by atoms with Crippen LogP contribution in [0, 0.1) is 0 Å². The van der Waals surface area contributed by atoms with E-state index in [0.717, 1.165) is 0 Å². The van der Waals surface area contributed by atoms with Gasteiger partial charge in [-0.05, 0) is 18.2 Å². The predicted molar refractivity (Wildman–Crippen MR) is 80.2 cm³/mol. The third kappa shape index (κ3) is 3.86. The van der Waals surface area contributed by atoms with E-state index in [1.54, 1.807) is 24.3 Å². The average molecular weight is 304 g/mol. The van der Waals surface area contributed by atoms with Gasteiger partial charge in [0.05, 0.1) is 30.3 Å². The number of amides is 2. The molecular formula is C15H16N2O5. The Hall–Kier alpha value is -2.80. The predicted octanol–water partition coefficient (Wildman–Crippen LogP) is 2.13. The van der Waals surface area contributed by atoms with Crippen LogP contribution in [0.2, 0.25) is 0 Å². The minimum atomic E-state index is -0.357. The number of ether oxygens (including phenoxy) is 2. The summed E-state index contributed by atoms with van der Waals surface area (Å²) in [4.78, 5) is 23.7. The van der Waals surface area contributed by atoms with E-state index in [2.05, 4.69) is 10.6 Å². The summed E-state index contributed by atoms with van der Waals surface area (Å²) in [5.41, 5.74) is 1.23. The molecule has 0 aliphatic rings. The Labute approximate surface area is 127 Å². The minimum Gasteiger partial charge on any atom is -0.497 e. The molecule has 2 aromatic rings. The molecule has 1 heterocycles. The van der Waals surface area contributed by atoms with Crippen molar-refractivity contribution in [2.45, 2.75) is 0 Å². The molecule has 0 unspecified atom stereocenters. The van der Waals surface area contributed by atoms with Gasteiger partial charge in [-0.2, -0.15) is 0 Å². The molecule has 0 radical (unpaired) electrons. The fraction of sp³-hybridized carbons (Fsp3) is 0.200. The lowest BCUT2D eigenvalue weighted by Crippen LogP contribution is -2.19. The number of carbonyl (C=O) groups excluding carboxylic acids is 2. The van der Waals surface area contributed by atoms with Gasteiger partial charge < -0.3 is 24.5 Å². The molecule has 0 aliphatic carbocycles. The Kier molecular flexibility index (Phi) is 5.16. The van der Waals surface area contributed by atoms with Crippen LogP contribution >= 0.6 is 0 Å². The summed E-state index contributed by atoms with van der Waals surface area (Å²) in [5.74, 6) is -0.136. The molecule has 1 aromatic carbocycles. The summed E-state index contributed by atoms with van der Waals surface area (Å²) in [7, 11) is 2.94. The number of nitrogens with one attached hydrogen (secondary N) is 2. The third-order valence-electron chi connectivity index (χ3n) is 2.81. The number of carbonyl (C=O) groups is 2. The highest BCUT2D eigenvalue weighted by Crippen LogP contribution is 2.27. The number of hydrogen-bond donors (Lipinski definition) is 2. The SMILES string of the molecule is COCC(=O)Nc1ccc(OC)cc1NC(=O)c1ccoc1. The normalized spacial score (nSPS) is 10.1. The Morgan fingerprint density at radius 1 is 1.14 bits per heavy atom. The van der Waals surface area contributed by atoms with Crippen LogP contribution in [0.5, 0.6) is 5.75 Å². The van der Waals surface area contributed by atoms with Gasteiger partial charge in [-0.15, -0.1) is 0 Å². The number of rotatable bonds is 6. The van der Waals surface area contributed by atoms with Crippen LogP contribution in [-0.4, -0.2) is 32.6 Å². The monoisotopic (exact) mass is 304 g/mol. The van der Waals surface area contributed by atoms with Gasteiger partial charge in [0.2, 0.25) is 5.91 Å². The van der Waals surface area contributed by atoms with E-state index >= 15 is 0 Å². The third-order valence-corrected chi connectivity index (χ3v) is 2.81. The van der Waals surface area contributed by atoms with Crippen LogP contribution in [0.4, 0.5) is 11.4 Å². The van der Waals surface area contributed by atoms with E-state index in [1.165, 1.54) is 26.7 Å². The highest BCUT2D eigenvalue weighted by atomic mass is 16.5. The zero-order valence-corrected chi connectivity index (χ0v) is 12.2. The minimum absolute atomic E-state index is 0.0822. The molecule has 0 atom stereocenters. The highest BCUT2D eigenvalue weighted by Gasteiger charge is 2.13. The van der Waals surface area contributed by atoms with Gasteiger partial charge in [-0.1, -0.05) is 0 Å². The first-order chi connectivity index (χ1) is 10.6. The van der Waals surface area contributed by atoms with Gasteiger partial charge in [-0.25, -0.2) is 0 Å². The van der Waals surface area contributed by atoms with Gasteiger partial charge >= 0.3 is 0 Å². The van der Waals surface area contributed by atoms with E-state index < -0.39 is 0 Å². The lowest BCUT2D eigenvalue weighted by atomic mass is 10.2. The Bertz CT molecular complexity index is 652. The van der Waals surface area contributed by atoms with E-state index in [-0.39, 0.29) is 18.4 Å². The van der Waals surface area contributed by atoms with E-state index in [4.69, 9.17) is 13.9 Å². The van der Waals surface area contributed by atoms with E-state index in [9.17, 15) is 9.59 Å². The van der Waals surface area contributed by atoms with Crippen LogP contribution in [0.3, 0.4) is 0 Å². The topological polar surface area (TPSA) is 89.8 Å². The van der Waals surface area contributed by atoms with Crippen LogP contribution in [0.1, 0.15) is 10.4 Å². The van der Waals surface area contributed by atoms with Crippen molar-refractivity contribution < 1.29 is 23.5 Å². The van der Waals surface area contributed by atoms with Gasteiger partial charge in [0.15, 0.2) is 0 Å². The second-order valence-electron chi connectivity index (χ2n) is 4.36. The van der Waals surface area contributed by atoms with Crippen molar-refractivity contribution in [1.82, 2.24) is 0 Å². The molecule has 0 aliphatic heterocycles.